The van der Waals surface area contributed by atoms with Gasteiger partial charge in [0, 0.05) is 6.54 Å². The average molecular weight is 309 g/mol. The van der Waals surface area contributed by atoms with Crippen molar-refractivity contribution < 1.29 is 9.13 Å². The van der Waals surface area contributed by atoms with E-state index in [4.69, 9.17) is 16.3 Å². The lowest BCUT2D eigenvalue weighted by Crippen LogP contribution is -2.17. The van der Waals surface area contributed by atoms with E-state index in [1.807, 2.05) is 11.8 Å². The SMILES string of the molecule is CCCOc1nc(Cl)nc(N2CCc3ccc(F)cc32)n1. The van der Waals surface area contributed by atoms with E-state index in [-0.39, 0.29) is 17.1 Å². The molecule has 21 heavy (non-hydrogen) atoms. The summed E-state index contributed by atoms with van der Waals surface area (Å²) >= 11 is 5.92. The summed E-state index contributed by atoms with van der Waals surface area (Å²) in [5.41, 5.74) is 1.82. The zero-order valence-electron chi connectivity index (χ0n) is 11.5. The summed E-state index contributed by atoms with van der Waals surface area (Å²) in [4.78, 5) is 14.1. The van der Waals surface area contributed by atoms with Gasteiger partial charge in [-0.15, -0.1) is 0 Å². The summed E-state index contributed by atoms with van der Waals surface area (Å²) in [5, 5.41) is 0.0657. The van der Waals surface area contributed by atoms with Gasteiger partial charge in [-0.3, -0.25) is 0 Å². The van der Waals surface area contributed by atoms with Crippen LogP contribution in [0.15, 0.2) is 18.2 Å². The number of halogens is 2. The van der Waals surface area contributed by atoms with Crippen molar-refractivity contribution in [2.75, 3.05) is 18.1 Å². The Labute approximate surface area is 126 Å². The molecule has 0 amide bonds. The first kappa shape index (κ1) is 14.0. The fraction of sp³-hybridized carbons (Fsp3) is 0.357. The van der Waals surface area contributed by atoms with Gasteiger partial charge in [0.2, 0.25) is 11.2 Å². The zero-order valence-corrected chi connectivity index (χ0v) is 12.3. The average Bonchev–Trinajstić information content (AvgIpc) is 2.87. The smallest absolute Gasteiger partial charge is 0.322 e. The van der Waals surface area contributed by atoms with E-state index in [1.165, 1.54) is 12.1 Å². The van der Waals surface area contributed by atoms with E-state index in [1.54, 1.807) is 6.07 Å². The van der Waals surface area contributed by atoms with Crippen LogP contribution in [-0.4, -0.2) is 28.1 Å². The van der Waals surface area contributed by atoms with Crippen LogP contribution in [0.5, 0.6) is 6.01 Å². The van der Waals surface area contributed by atoms with Gasteiger partial charge >= 0.3 is 6.01 Å². The molecule has 2 heterocycles. The Morgan fingerprint density at radius 3 is 3.00 bits per heavy atom. The van der Waals surface area contributed by atoms with Crippen molar-refractivity contribution in [2.24, 2.45) is 0 Å². The molecule has 0 atom stereocenters. The van der Waals surface area contributed by atoms with E-state index >= 15 is 0 Å². The normalized spacial score (nSPS) is 13.4. The molecule has 0 N–H and O–H groups in total. The summed E-state index contributed by atoms with van der Waals surface area (Å²) in [6.45, 7) is 3.17. The molecule has 0 unspecified atom stereocenters. The molecule has 5 nitrogen and oxygen atoms in total. The standard InChI is InChI=1S/C14H14ClFN4O/c1-2-7-21-14-18-12(15)17-13(19-14)20-6-5-9-3-4-10(16)8-11(9)20/h3-4,8H,2,5-7H2,1H3. The van der Waals surface area contributed by atoms with Crippen molar-refractivity contribution in [3.8, 4) is 6.01 Å². The quantitative estimate of drug-likeness (QED) is 0.868. The Bertz CT molecular complexity index is 667. The first-order valence-electron chi connectivity index (χ1n) is 6.77. The molecule has 2 aromatic rings. The van der Waals surface area contributed by atoms with Gasteiger partial charge in [0.25, 0.3) is 0 Å². The molecular weight excluding hydrogens is 295 g/mol. The van der Waals surface area contributed by atoms with Gasteiger partial charge in [0.1, 0.15) is 5.82 Å². The third-order valence-electron chi connectivity index (χ3n) is 3.20. The molecule has 0 fully saturated rings. The van der Waals surface area contributed by atoms with E-state index in [9.17, 15) is 4.39 Å². The van der Waals surface area contributed by atoms with Crippen molar-refractivity contribution in [1.29, 1.82) is 0 Å². The van der Waals surface area contributed by atoms with Gasteiger partial charge in [0.05, 0.1) is 12.3 Å². The Kier molecular flexibility index (Phi) is 3.88. The van der Waals surface area contributed by atoms with E-state index in [0.717, 1.165) is 24.1 Å². The summed E-state index contributed by atoms with van der Waals surface area (Å²) in [5.74, 6) is 0.0914. The van der Waals surface area contributed by atoms with E-state index < -0.39 is 0 Å². The lowest BCUT2D eigenvalue weighted by Gasteiger charge is -2.17. The maximum atomic E-state index is 13.4. The molecule has 0 saturated carbocycles. The Hall–Kier alpha value is -1.95. The number of hydrogen-bond acceptors (Lipinski definition) is 5. The number of anilines is 2. The second-order valence-corrected chi connectivity index (χ2v) is 5.05. The molecule has 1 aromatic heterocycles. The van der Waals surface area contributed by atoms with Gasteiger partial charge < -0.3 is 9.64 Å². The second-order valence-electron chi connectivity index (χ2n) is 4.71. The number of aromatic nitrogens is 3. The summed E-state index contributed by atoms with van der Waals surface area (Å²) < 4.78 is 18.8. The van der Waals surface area contributed by atoms with Crippen LogP contribution in [0.2, 0.25) is 5.28 Å². The molecule has 0 bridgehead atoms. The number of ether oxygens (including phenoxy) is 1. The minimum Gasteiger partial charge on any atom is -0.463 e. The third-order valence-corrected chi connectivity index (χ3v) is 3.36. The van der Waals surface area contributed by atoms with Crippen molar-refractivity contribution in [3.63, 3.8) is 0 Å². The van der Waals surface area contributed by atoms with Crippen LogP contribution in [0, 0.1) is 5.82 Å². The fourth-order valence-corrected chi connectivity index (χ4v) is 2.41. The summed E-state index contributed by atoms with van der Waals surface area (Å²) in [6, 6.07) is 4.91. The zero-order chi connectivity index (χ0) is 14.8. The monoisotopic (exact) mass is 308 g/mol. The van der Waals surface area contributed by atoms with E-state index in [0.29, 0.717) is 19.1 Å². The summed E-state index contributed by atoms with van der Waals surface area (Å²) in [7, 11) is 0. The second kappa shape index (κ2) is 5.81. The molecule has 0 saturated heterocycles. The van der Waals surface area contributed by atoms with Crippen molar-refractivity contribution in [2.45, 2.75) is 19.8 Å². The maximum Gasteiger partial charge on any atom is 0.322 e. The molecule has 1 aromatic carbocycles. The lowest BCUT2D eigenvalue weighted by atomic mass is 10.2. The minimum atomic E-state index is -0.289. The fourth-order valence-electron chi connectivity index (χ4n) is 2.26. The van der Waals surface area contributed by atoms with Gasteiger partial charge in [-0.05, 0) is 42.1 Å². The lowest BCUT2D eigenvalue weighted by molar-refractivity contribution is 0.291. The number of fused-ring (bicyclic) bond motifs is 1. The van der Waals surface area contributed by atoms with Crippen molar-refractivity contribution in [1.82, 2.24) is 15.0 Å². The number of hydrogen-bond donors (Lipinski definition) is 0. The largest absolute Gasteiger partial charge is 0.463 e. The molecule has 0 radical (unpaired) electrons. The molecular formula is C14H14ClFN4O. The number of benzene rings is 1. The molecule has 0 aliphatic carbocycles. The summed E-state index contributed by atoms with van der Waals surface area (Å²) in [6.07, 6.45) is 1.65. The van der Waals surface area contributed by atoms with Crippen LogP contribution < -0.4 is 9.64 Å². The maximum absolute atomic E-state index is 13.4. The van der Waals surface area contributed by atoms with Crippen LogP contribution in [0.25, 0.3) is 0 Å². The Morgan fingerprint density at radius 1 is 1.33 bits per heavy atom. The van der Waals surface area contributed by atoms with Gasteiger partial charge in [-0.2, -0.15) is 15.0 Å². The Balaban J connectivity index is 1.95. The molecule has 3 rings (SSSR count). The van der Waals surface area contributed by atoms with Crippen LogP contribution in [0.4, 0.5) is 16.0 Å². The molecule has 1 aliphatic heterocycles. The van der Waals surface area contributed by atoms with Gasteiger partial charge in [0.15, 0.2) is 0 Å². The van der Waals surface area contributed by atoms with Crippen LogP contribution in [0.1, 0.15) is 18.9 Å². The Morgan fingerprint density at radius 2 is 2.19 bits per heavy atom. The van der Waals surface area contributed by atoms with E-state index in [2.05, 4.69) is 15.0 Å². The van der Waals surface area contributed by atoms with Crippen LogP contribution >= 0.6 is 11.6 Å². The number of nitrogens with zero attached hydrogens (tertiary/aromatic N) is 4. The minimum absolute atomic E-state index is 0.0657. The first-order valence-corrected chi connectivity index (χ1v) is 7.15. The molecule has 1 aliphatic rings. The van der Waals surface area contributed by atoms with Crippen molar-refractivity contribution >= 4 is 23.2 Å². The van der Waals surface area contributed by atoms with Crippen LogP contribution in [-0.2, 0) is 6.42 Å². The van der Waals surface area contributed by atoms with Gasteiger partial charge in [-0.25, -0.2) is 4.39 Å². The molecule has 110 valence electrons. The molecule has 7 heteroatoms. The highest BCUT2D eigenvalue weighted by molar-refractivity contribution is 6.28. The topological polar surface area (TPSA) is 51.1 Å². The highest BCUT2D eigenvalue weighted by Gasteiger charge is 2.24. The van der Waals surface area contributed by atoms with Crippen molar-refractivity contribution in [3.05, 3.63) is 34.9 Å². The highest BCUT2D eigenvalue weighted by atomic mass is 35.5. The third kappa shape index (κ3) is 2.90. The number of rotatable bonds is 4. The predicted octanol–water partition coefficient (Wildman–Crippen LogP) is 3.15. The predicted molar refractivity (Wildman–Crippen MR) is 77.7 cm³/mol. The molecule has 0 spiro atoms. The first-order chi connectivity index (χ1) is 10.2. The highest BCUT2D eigenvalue weighted by Crippen LogP contribution is 2.33. The van der Waals surface area contributed by atoms with Gasteiger partial charge in [-0.1, -0.05) is 13.0 Å². The van der Waals surface area contributed by atoms with Crippen LogP contribution in [0.3, 0.4) is 0 Å².